The lowest BCUT2D eigenvalue weighted by Crippen LogP contribution is -2.36. The molecule has 1 saturated heterocycles. The minimum Gasteiger partial charge on any atom is -0.489 e. The highest BCUT2D eigenvalue weighted by atomic mass is 32.2. The number of amides is 3. The molecule has 1 aliphatic rings. The second-order valence-corrected chi connectivity index (χ2v) is 10.6. The molecule has 0 spiro atoms. The van der Waals surface area contributed by atoms with Gasteiger partial charge in [-0.25, -0.2) is 0 Å². The van der Waals surface area contributed by atoms with E-state index in [-0.39, 0.29) is 11.4 Å². The summed E-state index contributed by atoms with van der Waals surface area (Å²) in [5.41, 5.74) is 3.61. The molecule has 1 heterocycles. The summed E-state index contributed by atoms with van der Waals surface area (Å²) in [6, 6.07) is 29.3. The number of anilines is 1. The Hall–Kier alpha value is -4.36. The molecule has 7 heteroatoms. The fourth-order valence-corrected chi connectivity index (χ4v) is 5.08. The third kappa shape index (κ3) is 6.38. The topological polar surface area (TPSA) is 75.7 Å². The normalized spacial score (nSPS) is 14.4. The Morgan fingerprint density at radius 3 is 2.36 bits per heavy atom. The molecule has 1 N–H and O–H groups in total. The molecule has 0 saturated carbocycles. The van der Waals surface area contributed by atoms with Crippen molar-refractivity contribution in [2.24, 2.45) is 0 Å². The van der Waals surface area contributed by atoms with Crippen molar-refractivity contribution < 1.29 is 19.1 Å². The molecule has 6 nitrogen and oxygen atoms in total. The summed E-state index contributed by atoms with van der Waals surface area (Å²) in [7, 11) is 0. The second kappa shape index (κ2) is 11.6. The monoisotopic (exact) mass is 536 g/mol. The SMILES string of the molecule is CC(C)c1ccc(NC(=O)CN2C(=O)S/C(=C\c3ccc(OCc4ccc5ccccc5c4)cc3)C2=O)cc1. The van der Waals surface area contributed by atoms with Crippen molar-refractivity contribution >= 4 is 51.4 Å². The maximum atomic E-state index is 12.9. The summed E-state index contributed by atoms with van der Waals surface area (Å²) in [6.07, 6.45) is 1.65. The van der Waals surface area contributed by atoms with E-state index in [1.165, 1.54) is 10.8 Å². The Morgan fingerprint density at radius 1 is 0.923 bits per heavy atom. The zero-order chi connectivity index (χ0) is 27.4. The largest absolute Gasteiger partial charge is 0.489 e. The lowest BCUT2D eigenvalue weighted by atomic mass is 10.0. The van der Waals surface area contributed by atoms with Crippen molar-refractivity contribution in [3.05, 3.63) is 113 Å². The smallest absolute Gasteiger partial charge is 0.294 e. The van der Waals surface area contributed by atoms with E-state index in [4.69, 9.17) is 4.74 Å². The van der Waals surface area contributed by atoms with Gasteiger partial charge in [0.25, 0.3) is 11.1 Å². The molecule has 1 fully saturated rings. The summed E-state index contributed by atoms with van der Waals surface area (Å²) < 4.78 is 5.93. The van der Waals surface area contributed by atoms with Gasteiger partial charge in [-0.1, -0.05) is 74.5 Å². The Kier molecular flexibility index (Phi) is 7.79. The molecular weight excluding hydrogens is 508 g/mol. The van der Waals surface area contributed by atoms with Gasteiger partial charge in [-0.05, 0) is 81.6 Å². The number of imide groups is 1. The highest BCUT2D eigenvalue weighted by Crippen LogP contribution is 2.32. The van der Waals surface area contributed by atoms with E-state index in [0.717, 1.165) is 33.4 Å². The number of carbonyl (C=O) groups excluding carboxylic acids is 3. The van der Waals surface area contributed by atoms with Gasteiger partial charge in [0, 0.05) is 5.69 Å². The molecule has 0 radical (unpaired) electrons. The van der Waals surface area contributed by atoms with Crippen LogP contribution in [0.25, 0.3) is 16.8 Å². The zero-order valence-electron chi connectivity index (χ0n) is 21.7. The summed E-state index contributed by atoms with van der Waals surface area (Å²) in [6.45, 7) is 4.29. The number of carbonyl (C=O) groups is 3. The van der Waals surface area contributed by atoms with Crippen LogP contribution in [-0.4, -0.2) is 28.5 Å². The van der Waals surface area contributed by atoms with Crippen molar-refractivity contribution in [2.45, 2.75) is 26.4 Å². The molecular formula is C32H28N2O4S. The van der Waals surface area contributed by atoms with Crippen LogP contribution in [0, 0.1) is 0 Å². The van der Waals surface area contributed by atoms with Crippen molar-refractivity contribution in [3.8, 4) is 5.75 Å². The van der Waals surface area contributed by atoms with Crippen LogP contribution in [-0.2, 0) is 16.2 Å². The number of fused-ring (bicyclic) bond motifs is 1. The van der Waals surface area contributed by atoms with Gasteiger partial charge in [-0.15, -0.1) is 0 Å². The van der Waals surface area contributed by atoms with E-state index in [9.17, 15) is 14.4 Å². The van der Waals surface area contributed by atoms with E-state index in [1.807, 2.05) is 60.7 Å². The van der Waals surface area contributed by atoms with Crippen molar-refractivity contribution in [2.75, 3.05) is 11.9 Å². The Balaban J connectivity index is 1.17. The third-order valence-corrected chi connectivity index (χ3v) is 7.34. The highest BCUT2D eigenvalue weighted by molar-refractivity contribution is 8.18. The first-order chi connectivity index (χ1) is 18.9. The minimum absolute atomic E-state index is 0.277. The van der Waals surface area contributed by atoms with Crippen molar-refractivity contribution in [1.29, 1.82) is 0 Å². The Labute approximate surface area is 231 Å². The standard InChI is InChI=1S/C32H28N2O4S/c1-21(2)24-11-13-27(14-12-24)33-30(35)19-34-31(36)29(39-32(34)37)18-22-8-15-28(16-9-22)38-20-23-7-10-25-5-3-4-6-26(25)17-23/h3-18,21H,19-20H2,1-2H3,(H,33,35)/b29-18-. The lowest BCUT2D eigenvalue weighted by molar-refractivity contribution is -0.127. The van der Waals surface area contributed by atoms with E-state index in [0.29, 0.717) is 24.0 Å². The number of hydrogen-bond donors (Lipinski definition) is 1. The number of nitrogens with zero attached hydrogens (tertiary/aromatic N) is 1. The van der Waals surface area contributed by atoms with E-state index in [2.05, 4.69) is 49.5 Å². The van der Waals surface area contributed by atoms with E-state index in [1.54, 1.807) is 6.08 Å². The Morgan fingerprint density at radius 2 is 1.64 bits per heavy atom. The molecule has 0 bridgehead atoms. The number of nitrogens with one attached hydrogen (secondary N) is 1. The molecule has 0 aliphatic carbocycles. The Bertz CT molecular complexity index is 1560. The molecule has 4 aromatic rings. The molecule has 5 rings (SSSR count). The average Bonchev–Trinajstić information content (AvgIpc) is 3.20. The molecule has 4 aromatic carbocycles. The summed E-state index contributed by atoms with van der Waals surface area (Å²) in [5, 5.41) is 4.64. The predicted molar refractivity (Wildman–Crippen MR) is 157 cm³/mol. The quantitative estimate of drug-likeness (QED) is 0.241. The molecule has 0 unspecified atom stereocenters. The van der Waals surface area contributed by atoms with Gasteiger partial charge in [0.05, 0.1) is 4.91 Å². The van der Waals surface area contributed by atoms with Gasteiger partial charge < -0.3 is 10.1 Å². The molecule has 0 aromatic heterocycles. The highest BCUT2D eigenvalue weighted by Gasteiger charge is 2.36. The van der Waals surface area contributed by atoms with Gasteiger partial charge in [-0.3, -0.25) is 19.3 Å². The predicted octanol–water partition coefficient (Wildman–Crippen LogP) is 7.22. The molecule has 196 valence electrons. The maximum absolute atomic E-state index is 12.9. The summed E-state index contributed by atoms with van der Waals surface area (Å²) in [5.74, 6) is 0.179. The molecule has 0 atom stereocenters. The lowest BCUT2D eigenvalue weighted by Gasteiger charge is -2.13. The number of benzene rings is 4. The molecule has 39 heavy (non-hydrogen) atoms. The van der Waals surface area contributed by atoms with Gasteiger partial charge in [0.2, 0.25) is 5.91 Å². The molecule has 1 aliphatic heterocycles. The number of thioether (sulfide) groups is 1. The van der Waals surface area contributed by atoms with Crippen molar-refractivity contribution in [1.82, 2.24) is 4.90 Å². The van der Waals surface area contributed by atoms with Crippen LogP contribution in [0.3, 0.4) is 0 Å². The van der Waals surface area contributed by atoms with Crippen LogP contribution in [0.2, 0.25) is 0 Å². The van der Waals surface area contributed by atoms with Gasteiger partial charge in [-0.2, -0.15) is 0 Å². The first-order valence-electron chi connectivity index (χ1n) is 12.7. The van der Waals surface area contributed by atoms with Crippen LogP contribution in [0.5, 0.6) is 5.75 Å². The van der Waals surface area contributed by atoms with Crippen LogP contribution >= 0.6 is 11.8 Å². The first-order valence-corrected chi connectivity index (χ1v) is 13.5. The number of ether oxygens (including phenoxy) is 1. The van der Waals surface area contributed by atoms with Crippen molar-refractivity contribution in [3.63, 3.8) is 0 Å². The minimum atomic E-state index is -0.480. The van der Waals surface area contributed by atoms with Gasteiger partial charge in [0.1, 0.15) is 18.9 Å². The number of rotatable bonds is 8. The fourth-order valence-electron chi connectivity index (χ4n) is 4.24. The van der Waals surface area contributed by atoms with Crippen LogP contribution in [0.1, 0.15) is 36.5 Å². The first kappa shape index (κ1) is 26.3. The molecule has 3 amide bonds. The number of hydrogen-bond acceptors (Lipinski definition) is 5. The second-order valence-electron chi connectivity index (χ2n) is 9.63. The van der Waals surface area contributed by atoms with Crippen LogP contribution in [0.15, 0.2) is 95.9 Å². The maximum Gasteiger partial charge on any atom is 0.294 e. The van der Waals surface area contributed by atoms with E-state index < -0.39 is 17.1 Å². The summed E-state index contributed by atoms with van der Waals surface area (Å²) >= 11 is 0.830. The van der Waals surface area contributed by atoms with Crippen LogP contribution in [0.4, 0.5) is 10.5 Å². The van der Waals surface area contributed by atoms with Gasteiger partial charge in [0.15, 0.2) is 0 Å². The summed E-state index contributed by atoms with van der Waals surface area (Å²) in [4.78, 5) is 39.1. The zero-order valence-corrected chi connectivity index (χ0v) is 22.5. The average molecular weight is 537 g/mol. The van der Waals surface area contributed by atoms with E-state index >= 15 is 0 Å². The fraction of sp³-hybridized carbons (Fsp3) is 0.156. The van der Waals surface area contributed by atoms with Gasteiger partial charge >= 0.3 is 0 Å². The third-order valence-electron chi connectivity index (χ3n) is 6.43. The van der Waals surface area contributed by atoms with Crippen LogP contribution < -0.4 is 10.1 Å².